The highest BCUT2D eigenvalue weighted by atomic mass is 16.3. The van der Waals surface area contributed by atoms with Gasteiger partial charge >= 0.3 is 0 Å². The van der Waals surface area contributed by atoms with Gasteiger partial charge in [-0.25, -0.2) is 0 Å². The van der Waals surface area contributed by atoms with Crippen LogP contribution in [0.1, 0.15) is 27.2 Å². The Morgan fingerprint density at radius 1 is 1.08 bits per heavy atom. The molecule has 130 valence electrons. The summed E-state index contributed by atoms with van der Waals surface area (Å²) < 4.78 is 7.60. The highest BCUT2D eigenvalue weighted by molar-refractivity contribution is 5.98. The summed E-state index contributed by atoms with van der Waals surface area (Å²) in [6, 6.07) is 17.6. The Morgan fingerprint density at radius 2 is 1.85 bits per heavy atom. The molecule has 5 nitrogen and oxygen atoms in total. The van der Waals surface area contributed by atoms with Crippen molar-refractivity contribution >= 4 is 16.9 Å². The average Bonchev–Trinajstić information content (AvgIpc) is 3.29. The topological polar surface area (TPSA) is 60.1 Å². The lowest BCUT2D eigenvalue weighted by atomic mass is 10.1. The van der Waals surface area contributed by atoms with E-state index in [9.17, 15) is 4.79 Å². The molecule has 0 radical (unpaired) electrons. The third-order valence-corrected chi connectivity index (χ3v) is 4.50. The molecule has 1 amide bonds. The number of benzene rings is 2. The Balaban J connectivity index is 1.52. The zero-order valence-corrected chi connectivity index (χ0v) is 14.5. The monoisotopic (exact) mass is 345 g/mol. The van der Waals surface area contributed by atoms with Gasteiger partial charge in [0.1, 0.15) is 5.58 Å². The van der Waals surface area contributed by atoms with E-state index in [0.29, 0.717) is 18.8 Å². The van der Waals surface area contributed by atoms with Crippen LogP contribution in [0.5, 0.6) is 0 Å². The molecule has 26 heavy (non-hydrogen) atoms. The molecule has 2 heterocycles. The van der Waals surface area contributed by atoms with E-state index in [1.165, 1.54) is 0 Å². The average molecular weight is 345 g/mol. The van der Waals surface area contributed by atoms with Crippen molar-refractivity contribution in [2.75, 3.05) is 0 Å². The number of hydrogen-bond acceptors (Lipinski definition) is 3. The first kappa shape index (κ1) is 16.1. The Labute approximate surface area is 151 Å². The number of para-hydroxylation sites is 1. The van der Waals surface area contributed by atoms with Gasteiger partial charge in [0.15, 0.2) is 5.76 Å². The number of hydrogen-bond donors (Lipinski definition) is 1. The smallest absolute Gasteiger partial charge is 0.287 e. The zero-order valence-electron chi connectivity index (χ0n) is 14.5. The third-order valence-electron chi connectivity index (χ3n) is 4.50. The van der Waals surface area contributed by atoms with Crippen LogP contribution in [-0.2, 0) is 13.1 Å². The Hall–Kier alpha value is -3.34. The second-order valence-electron chi connectivity index (χ2n) is 6.21. The van der Waals surface area contributed by atoms with E-state index < -0.39 is 0 Å². The molecule has 0 aliphatic heterocycles. The number of aromatic nitrogens is 2. The van der Waals surface area contributed by atoms with Crippen molar-refractivity contribution in [2.45, 2.75) is 20.0 Å². The molecule has 0 fully saturated rings. The van der Waals surface area contributed by atoms with Crippen LogP contribution < -0.4 is 5.32 Å². The van der Waals surface area contributed by atoms with E-state index >= 15 is 0 Å². The fourth-order valence-corrected chi connectivity index (χ4v) is 3.10. The lowest BCUT2D eigenvalue weighted by molar-refractivity contribution is 0.0924. The number of furan rings is 1. The number of nitrogens with zero attached hydrogens (tertiary/aromatic N) is 2. The van der Waals surface area contributed by atoms with Crippen molar-refractivity contribution in [3.63, 3.8) is 0 Å². The van der Waals surface area contributed by atoms with Crippen molar-refractivity contribution in [3.05, 3.63) is 89.4 Å². The number of carbonyl (C=O) groups excluding carboxylic acids is 1. The molecule has 0 bridgehead atoms. The van der Waals surface area contributed by atoms with Crippen molar-refractivity contribution in [1.82, 2.24) is 15.1 Å². The Morgan fingerprint density at radius 3 is 2.62 bits per heavy atom. The quantitative estimate of drug-likeness (QED) is 0.596. The highest BCUT2D eigenvalue weighted by Gasteiger charge is 2.17. The molecular formula is C21H19N3O2. The van der Waals surface area contributed by atoms with Gasteiger partial charge in [0.05, 0.1) is 6.54 Å². The van der Waals surface area contributed by atoms with Crippen LogP contribution in [0.25, 0.3) is 11.0 Å². The van der Waals surface area contributed by atoms with Gasteiger partial charge < -0.3 is 9.73 Å². The molecule has 2 aromatic heterocycles. The molecule has 0 aliphatic rings. The Bertz CT molecular complexity index is 1050. The van der Waals surface area contributed by atoms with Crippen molar-refractivity contribution in [1.29, 1.82) is 0 Å². The lowest BCUT2D eigenvalue weighted by Crippen LogP contribution is -2.23. The van der Waals surface area contributed by atoms with Crippen LogP contribution in [0.3, 0.4) is 0 Å². The summed E-state index contributed by atoms with van der Waals surface area (Å²) >= 11 is 0. The van der Waals surface area contributed by atoms with E-state index in [4.69, 9.17) is 4.42 Å². The second-order valence-corrected chi connectivity index (χ2v) is 6.21. The van der Waals surface area contributed by atoms with Crippen LogP contribution in [0.15, 0.2) is 71.4 Å². The van der Waals surface area contributed by atoms with Gasteiger partial charge in [-0.1, -0.05) is 42.5 Å². The predicted molar refractivity (Wildman–Crippen MR) is 99.9 cm³/mol. The molecule has 0 spiro atoms. The molecular weight excluding hydrogens is 326 g/mol. The maximum absolute atomic E-state index is 12.6. The van der Waals surface area contributed by atoms with E-state index in [1.54, 1.807) is 6.20 Å². The summed E-state index contributed by atoms with van der Waals surface area (Å²) in [5, 5.41) is 8.19. The molecule has 0 atom stereocenters. The first-order chi connectivity index (χ1) is 12.7. The van der Waals surface area contributed by atoms with Gasteiger partial charge in [-0.05, 0) is 30.2 Å². The first-order valence-corrected chi connectivity index (χ1v) is 8.53. The molecule has 2 aromatic carbocycles. The summed E-state index contributed by atoms with van der Waals surface area (Å²) in [6.45, 7) is 3.02. The van der Waals surface area contributed by atoms with Crippen LogP contribution in [0.4, 0.5) is 0 Å². The first-order valence-electron chi connectivity index (χ1n) is 8.53. The SMILES string of the molecule is Cc1c(C(=O)NCc2ccccc2Cn2cccn2)oc2ccccc12. The summed E-state index contributed by atoms with van der Waals surface area (Å²) in [4.78, 5) is 12.6. The van der Waals surface area contributed by atoms with Gasteiger partial charge in [0.2, 0.25) is 0 Å². The number of rotatable bonds is 5. The van der Waals surface area contributed by atoms with Crippen LogP contribution in [0.2, 0.25) is 0 Å². The molecule has 0 unspecified atom stereocenters. The summed E-state index contributed by atoms with van der Waals surface area (Å²) in [6.07, 6.45) is 3.68. The third kappa shape index (κ3) is 3.11. The normalized spacial score (nSPS) is 11.0. The largest absolute Gasteiger partial charge is 0.451 e. The van der Waals surface area contributed by atoms with Crippen LogP contribution in [-0.4, -0.2) is 15.7 Å². The van der Waals surface area contributed by atoms with Gasteiger partial charge in [-0.2, -0.15) is 5.10 Å². The number of amides is 1. The molecule has 1 N–H and O–H groups in total. The van der Waals surface area contributed by atoms with Gasteiger partial charge in [0.25, 0.3) is 5.91 Å². The molecule has 0 aliphatic carbocycles. The molecule has 0 saturated heterocycles. The minimum absolute atomic E-state index is 0.201. The standard InChI is InChI=1S/C21H19N3O2/c1-15-18-9-4-5-10-19(18)26-20(15)21(25)22-13-16-7-2-3-8-17(16)14-24-12-6-11-23-24/h2-12H,13-14H2,1H3,(H,22,25). The predicted octanol–water partition coefficient (Wildman–Crippen LogP) is 3.92. The number of carbonyl (C=O) groups is 1. The van der Waals surface area contributed by atoms with Gasteiger partial charge in [0, 0.05) is 29.9 Å². The summed E-state index contributed by atoms with van der Waals surface area (Å²) in [5.41, 5.74) is 3.78. The maximum Gasteiger partial charge on any atom is 0.287 e. The second kappa shape index (κ2) is 6.88. The van der Waals surface area contributed by atoms with Crippen molar-refractivity contribution in [3.8, 4) is 0 Å². The fourth-order valence-electron chi connectivity index (χ4n) is 3.10. The number of nitrogens with one attached hydrogen (secondary N) is 1. The molecule has 4 aromatic rings. The highest BCUT2D eigenvalue weighted by Crippen LogP contribution is 2.24. The minimum Gasteiger partial charge on any atom is -0.451 e. The van der Waals surface area contributed by atoms with Gasteiger partial charge in [-0.15, -0.1) is 0 Å². The summed E-state index contributed by atoms with van der Waals surface area (Å²) in [7, 11) is 0. The van der Waals surface area contributed by atoms with E-state index in [1.807, 2.05) is 66.3 Å². The van der Waals surface area contributed by atoms with E-state index in [0.717, 1.165) is 27.7 Å². The number of aryl methyl sites for hydroxylation is 1. The zero-order chi connectivity index (χ0) is 17.9. The number of fused-ring (bicyclic) bond motifs is 1. The lowest BCUT2D eigenvalue weighted by Gasteiger charge is -2.10. The van der Waals surface area contributed by atoms with Crippen molar-refractivity contribution in [2.24, 2.45) is 0 Å². The molecule has 0 saturated carbocycles. The molecule has 5 heteroatoms. The van der Waals surface area contributed by atoms with Crippen molar-refractivity contribution < 1.29 is 9.21 Å². The fraction of sp³-hybridized carbons (Fsp3) is 0.143. The summed E-state index contributed by atoms with van der Waals surface area (Å²) in [5.74, 6) is 0.170. The van der Waals surface area contributed by atoms with Crippen LogP contribution in [0, 0.1) is 6.92 Å². The van der Waals surface area contributed by atoms with E-state index in [-0.39, 0.29) is 5.91 Å². The molecule has 4 rings (SSSR count). The maximum atomic E-state index is 12.6. The minimum atomic E-state index is -0.201. The van der Waals surface area contributed by atoms with Gasteiger partial charge in [-0.3, -0.25) is 9.48 Å². The Kier molecular flexibility index (Phi) is 4.27. The van der Waals surface area contributed by atoms with Crippen LogP contribution >= 0.6 is 0 Å². The van der Waals surface area contributed by atoms with E-state index in [2.05, 4.69) is 16.5 Å².